The van der Waals surface area contributed by atoms with E-state index < -0.39 is 35.2 Å². The van der Waals surface area contributed by atoms with E-state index in [0.717, 1.165) is 6.07 Å². The first-order valence-electron chi connectivity index (χ1n) is 14.2. The summed E-state index contributed by atoms with van der Waals surface area (Å²) in [6, 6.07) is 5.41. The van der Waals surface area contributed by atoms with Gasteiger partial charge in [0.15, 0.2) is 11.6 Å². The third-order valence-corrected chi connectivity index (χ3v) is 8.18. The molecule has 4 heterocycles. The van der Waals surface area contributed by atoms with Crippen molar-refractivity contribution in [1.82, 2.24) is 9.88 Å². The molecule has 3 aliphatic rings. The molecule has 232 valence electrons. The molecule has 0 spiro atoms. The Morgan fingerprint density at radius 2 is 1.80 bits per heavy atom. The average molecular weight is 612 g/mol. The molecule has 3 aromatic rings. The number of hydrogen-bond acceptors (Lipinski definition) is 9. The fraction of sp³-hybridized carbons (Fsp3) is 0.400. The van der Waals surface area contributed by atoms with Gasteiger partial charge < -0.3 is 33.9 Å². The monoisotopic (exact) mass is 611 g/mol. The van der Waals surface area contributed by atoms with E-state index in [0.29, 0.717) is 43.1 Å². The second kappa shape index (κ2) is 11.3. The summed E-state index contributed by atoms with van der Waals surface area (Å²) in [7, 11) is 1.18. The minimum absolute atomic E-state index is 0.0276. The second-order valence-electron chi connectivity index (χ2n) is 11.0. The van der Waals surface area contributed by atoms with E-state index in [1.165, 1.54) is 31.2 Å². The molecule has 6 rings (SSSR count). The van der Waals surface area contributed by atoms with Crippen LogP contribution in [0.3, 0.4) is 0 Å². The van der Waals surface area contributed by atoms with Crippen LogP contribution in [0.15, 0.2) is 35.3 Å². The molecule has 12 nitrogen and oxygen atoms in total. The Labute approximate surface area is 250 Å². The van der Waals surface area contributed by atoms with Crippen LogP contribution in [0, 0.1) is 11.6 Å². The zero-order chi connectivity index (χ0) is 31.3. The van der Waals surface area contributed by atoms with Crippen molar-refractivity contribution >= 4 is 45.9 Å². The van der Waals surface area contributed by atoms with Gasteiger partial charge in [-0.2, -0.15) is 0 Å². The molecule has 1 aromatic heterocycles. The van der Waals surface area contributed by atoms with Gasteiger partial charge in [0.05, 0.1) is 48.5 Å². The summed E-state index contributed by atoms with van der Waals surface area (Å²) in [6.45, 7) is 5.18. The van der Waals surface area contributed by atoms with Crippen LogP contribution in [0.1, 0.15) is 30.2 Å². The van der Waals surface area contributed by atoms with Crippen molar-refractivity contribution in [3.63, 3.8) is 0 Å². The van der Waals surface area contributed by atoms with E-state index in [1.807, 2.05) is 11.8 Å². The fourth-order valence-electron chi connectivity index (χ4n) is 5.95. The number of rotatable bonds is 6. The first-order valence-corrected chi connectivity index (χ1v) is 14.2. The van der Waals surface area contributed by atoms with Gasteiger partial charge in [-0.15, -0.1) is 0 Å². The molecular formula is C30H31F2N5O7. The van der Waals surface area contributed by atoms with Crippen molar-refractivity contribution in [3.05, 3.63) is 57.9 Å². The maximum absolute atomic E-state index is 15.7. The number of piperazine rings is 1. The molecule has 2 aromatic carbocycles. The highest BCUT2D eigenvalue weighted by atomic mass is 19.1. The Bertz CT molecular complexity index is 1740. The molecule has 0 aliphatic carbocycles. The fourth-order valence-corrected chi connectivity index (χ4v) is 5.95. The molecule has 1 N–H and O–H groups in total. The van der Waals surface area contributed by atoms with Crippen LogP contribution >= 0.6 is 0 Å². The van der Waals surface area contributed by atoms with Gasteiger partial charge >= 0.3 is 12.1 Å². The normalized spacial score (nSPS) is 19.6. The van der Waals surface area contributed by atoms with E-state index in [1.54, 1.807) is 21.6 Å². The number of methoxy groups -OCH3 is 1. The highest BCUT2D eigenvalue weighted by Crippen LogP contribution is 2.42. The third kappa shape index (κ3) is 5.03. The van der Waals surface area contributed by atoms with Gasteiger partial charge in [0.2, 0.25) is 11.3 Å². The van der Waals surface area contributed by atoms with E-state index in [2.05, 4.69) is 5.32 Å². The number of halogens is 2. The first-order chi connectivity index (χ1) is 21.1. The molecule has 2 amide bonds. The van der Waals surface area contributed by atoms with Gasteiger partial charge in [0.25, 0.3) is 0 Å². The highest BCUT2D eigenvalue weighted by Gasteiger charge is 2.34. The molecule has 2 saturated heterocycles. The van der Waals surface area contributed by atoms with Crippen molar-refractivity contribution in [2.24, 2.45) is 0 Å². The standard InChI is InChI=1S/C30H31F2N5O7/c1-16-15-43-28-25-20(27(39)21(14-36(16)25)29(40)42-3)11-23(32)26(28)35-8-6-34(7-9-35)24-5-4-18(10-22(24)31)37-13-19(44-30(37)41)12-33-17(2)38/h4-5,10-11,14,16,19H,6-9,12-13,15H2,1-3H3,(H,33,38). The Hall–Kier alpha value is -4.88. The van der Waals surface area contributed by atoms with E-state index >= 15 is 8.78 Å². The summed E-state index contributed by atoms with van der Waals surface area (Å²) in [5.74, 6) is -2.00. The van der Waals surface area contributed by atoms with Gasteiger partial charge in [0.1, 0.15) is 29.8 Å². The van der Waals surface area contributed by atoms with Gasteiger partial charge in [-0.25, -0.2) is 18.4 Å². The number of cyclic esters (lactones) is 1. The van der Waals surface area contributed by atoms with Gasteiger partial charge in [-0.05, 0) is 31.2 Å². The largest absolute Gasteiger partial charge is 0.487 e. The van der Waals surface area contributed by atoms with Crippen LogP contribution in [-0.2, 0) is 14.3 Å². The van der Waals surface area contributed by atoms with Crippen LogP contribution in [0.4, 0.5) is 30.6 Å². The smallest absolute Gasteiger partial charge is 0.414 e. The van der Waals surface area contributed by atoms with E-state index in [-0.39, 0.29) is 54.0 Å². The number of esters is 1. The highest BCUT2D eigenvalue weighted by molar-refractivity contribution is 5.98. The second-order valence-corrected chi connectivity index (χ2v) is 11.0. The number of anilines is 3. The lowest BCUT2D eigenvalue weighted by Crippen LogP contribution is -2.47. The lowest BCUT2D eigenvalue weighted by Gasteiger charge is -2.39. The summed E-state index contributed by atoms with van der Waals surface area (Å²) in [4.78, 5) is 53.9. The Balaban J connectivity index is 1.22. The number of pyridine rings is 1. The third-order valence-electron chi connectivity index (χ3n) is 8.18. The van der Waals surface area contributed by atoms with Crippen molar-refractivity contribution < 1.29 is 37.4 Å². The number of carbonyl (C=O) groups is 3. The van der Waals surface area contributed by atoms with Crippen LogP contribution in [0.5, 0.6) is 5.75 Å². The minimum atomic E-state index is -0.798. The Kier molecular flexibility index (Phi) is 7.51. The number of aromatic nitrogens is 1. The number of ether oxygens (including phenoxy) is 3. The predicted octanol–water partition coefficient (Wildman–Crippen LogP) is 2.81. The molecule has 0 radical (unpaired) electrons. The van der Waals surface area contributed by atoms with Crippen LogP contribution < -0.4 is 30.2 Å². The molecule has 14 heteroatoms. The summed E-state index contributed by atoms with van der Waals surface area (Å²) in [5, 5.41) is 2.63. The number of nitrogens with zero attached hydrogens (tertiary/aromatic N) is 4. The molecule has 0 bridgehead atoms. The first kappa shape index (κ1) is 29.2. The molecule has 2 atom stereocenters. The zero-order valence-electron chi connectivity index (χ0n) is 24.4. The van der Waals surface area contributed by atoms with Gasteiger partial charge in [0, 0.05) is 39.3 Å². The van der Waals surface area contributed by atoms with Gasteiger partial charge in [-0.3, -0.25) is 14.5 Å². The lowest BCUT2D eigenvalue weighted by molar-refractivity contribution is -0.119. The van der Waals surface area contributed by atoms with Crippen molar-refractivity contribution in [1.29, 1.82) is 0 Å². The summed E-state index contributed by atoms with van der Waals surface area (Å²) >= 11 is 0. The van der Waals surface area contributed by atoms with Crippen molar-refractivity contribution in [2.45, 2.75) is 26.0 Å². The number of benzene rings is 2. The molecule has 3 aliphatic heterocycles. The Morgan fingerprint density at radius 1 is 1.07 bits per heavy atom. The average Bonchev–Trinajstić information content (AvgIpc) is 3.38. The molecular weight excluding hydrogens is 580 g/mol. The van der Waals surface area contributed by atoms with Crippen molar-refractivity contribution in [3.8, 4) is 5.75 Å². The topological polar surface area (TPSA) is 123 Å². The van der Waals surface area contributed by atoms with E-state index in [4.69, 9.17) is 14.2 Å². The maximum atomic E-state index is 15.7. The molecule has 2 fully saturated rings. The SMILES string of the molecule is COC(=O)c1cn2c3c(c(N4CCN(c5ccc(N6CC(CNC(C)=O)OC6=O)cc5F)CC4)c(F)cc3c1=O)OCC2C. The lowest BCUT2D eigenvalue weighted by atomic mass is 10.1. The summed E-state index contributed by atoms with van der Waals surface area (Å²) in [6.07, 6.45) is 0.273. The number of carbonyl (C=O) groups excluding carboxylic acids is 3. The Morgan fingerprint density at radius 3 is 2.48 bits per heavy atom. The van der Waals surface area contributed by atoms with Crippen LogP contribution in [-0.4, -0.2) is 81.6 Å². The molecule has 0 saturated carbocycles. The number of nitrogens with one attached hydrogen (secondary N) is 1. The van der Waals surface area contributed by atoms with Gasteiger partial charge in [-0.1, -0.05) is 0 Å². The molecule has 2 unspecified atom stereocenters. The number of hydrogen-bond donors (Lipinski definition) is 1. The number of amides is 2. The summed E-state index contributed by atoms with van der Waals surface area (Å²) < 4.78 is 48.8. The quantitative estimate of drug-likeness (QED) is 0.420. The molecule has 44 heavy (non-hydrogen) atoms. The summed E-state index contributed by atoms with van der Waals surface area (Å²) in [5.41, 5.74) is 0.471. The van der Waals surface area contributed by atoms with Crippen LogP contribution in [0.2, 0.25) is 0 Å². The van der Waals surface area contributed by atoms with Crippen molar-refractivity contribution in [2.75, 3.05) is 67.7 Å². The predicted molar refractivity (Wildman–Crippen MR) is 157 cm³/mol. The van der Waals surface area contributed by atoms with Crippen LogP contribution in [0.25, 0.3) is 10.9 Å². The zero-order valence-corrected chi connectivity index (χ0v) is 24.4. The van der Waals surface area contributed by atoms with E-state index in [9.17, 15) is 19.2 Å². The minimum Gasteiger partial charge on any atom is -0.487 e. The maximum Gasteiger partial charge on any atom is 0.414 e.